The van der Waals surface area contributed by atoms with Gasteiger partial charge >= 0.3 is 0 Å². The number of hydrogen-bond donors (Lipinski definition) is 2. The molecule has 0 radical (unpaired) electrons. The first kappa shape index (κ1) is 20.4. The molecule has 30 heavy (non-hydrogen) atoms. The zero-order valence-corrected chi connectivity index (χ0v) is 18.0. The van der Waals surface area contributed by atoms with Crippen LogP contribution in [0.15, 0.2) is 71.5 Å². The third-order valence-corrected chi connectivity index (χ3v) is 6.17. The molecule has 1 aliphatic carbocycles. The molecule has 0 spiro atoms. The van der Waals surface area contributed by atoms with Crippen molar-refractivity contribution >= 4 is 17.5 Å². The topological polar surface area (TPSA) is 49.3 Å². The van der Waals surface area contributed by atoms with Gasteiger partial charge in [-0.1, -0.05) is 50.3 Å². The third-order valence-electron chi connectivity index (χ3n) is 6.17. The fourth-order valence-electron chi connectivity index (χ4n) is 4.28. The van der Waals surface area contributed by atoms with Crippen LogP contribution in [-0.4, -0.2) is 23.8 Å². The van der Waals surface area contributed by atoms with Crippen LogP contribution in [0.5, 0.6) is 0 Å². The first-order valence-electron chi connectivity index (χ1n) is 11.1. The summed E-state index contributed by atoms with van der Waals surface area (Å²) in [5.74, 6) is 1.10. The molecule has 156 valence electrons. The molecule has 3 unspecified atom stereocenters. The van der Waals surface area contributed by atoms with Crippen molar-refractivity contribution in [2.45, 2.75) is 45.7 Å². The average molecular weight is 401 g/mol. The van der Waals surface area contributed by atoms with Crippen LogP contribution in [0.25, 0.3) is 5.57 Å². The van der Waals surface area contributed by atoms with E-state index < -0.39 is 0 Å². The highest BCUT2D eigenvalue weighted by Gasteiger charge is 2.23. The minimum atomic E-state index is 0.364. The van der Waals surface area contributed by atoms with E-state index in [9.17, 15) is 0 Å². The zero-order valence-electron chi connectivity index (χ0n) is 18.0. The molecule has 2 heterocycles. The number of rotatable bonds is 7. The van der Waals surface area contributed by atoms with Crippen LogP contribution in [0, 0.1) is 11.8 Å². The van der Waals surface area contributed by atoms with Gasteiger partial charge in [0.2, 0.25) is 0 Å². The summed E-state index contributed by atoms with van der Waals surface area (Å²) in [5, 5.41) is 7.39. The van der Waals surface area contributed by atoms with E-state index >= 15 is 0 Å². The summed E-state index contributed by atoms with van der Waals surface area (Å²) in [5.41, 5.74) is 6.03. The maximum absolute atomic E-state index is 4.75. The molecule has 0 saturated carbocycles. The van der Waals surface area contributed by atoms with Crippen LogP contribution < -0.4 is 10.6 Å². The molecule has 2 aromatic rings. The second-order valence-corrected chi connectivity index (χ2v) is 8.42. The van der Waals surface area contributed by atoms with Gasteiger partial charge < -0.3 is 10.6 Å². The van der Waals surface area contributed by atoms with Crippen molar-refractivity contribution in [2.24, 2.45) is 16.8 Å². The largest absolute Gasteiger partial charge is 0.385 e. The van der Waals surface area contributed by atoms with E-state index in [0.717, 1.165) is 30.8 Å². The molecule has 4 rings (SSSR count). The van der Waals surface area contributed by atoms with Crippen LogP contribution in [0.3, 0.4) is 0 Å². The van der Waals surface area contributed by atoms with E-state index in [4.69, 9.17) is 4.99 Å². The number of para-hydroxylation sites is 1. The predicted octanol–water partition coefficient (Wildman–Crippen LogP) is 5.46. The summed E-state index contributed by atoms with van der Waals surface area (Å²) >= 11 is 0. The van der Waals surface area contributed by atoms with E-state index in [2.05, 4.69) is 78.2 Å². The lowest BCUT2D eigenvalue weighted by molar-refractivity contribution is 0.405. The first-order valence-corrected chi connectivity index (χ1v) is 11.1. The van der Waals surface area contributed by atoms with Gasteiger partial charge in [0, 0.05) is 35.3 Å². The van der Waals surface area contributed by atoms with E-state index in [-0.39, 0.29) is 0 Å². The number of aromatic nitrogens is 1. The number of nitrogens with zero attached hydrogens (tertiary/aromatic N) is 2. The van der Waals surface area contributed by atoms with Gasteiger partial charge in [-0.3, -0.25) is 9.98 Å². The fraction of sp³-hybridized carbons (Fsp3) is 0.385. The number of nitrogens with one attached hydrogen (secondary N) is 2. The molecule has 0 amide bonds. The molecule has 1 aromatic carbocycles. The van der Waals surface area contributed by atoms with Gasteiger partial charge in [-0.2, -0.15) is 0 Å². The monoisotopic (exact) mass is 400 g/mol. The number of pyridine rings is 1. The smallest absolute Gasteiger partial charge is 0.0693 e. The highest BCUT2D eigenvalue weighted by atomic mass is 15.0. The number of allylic oxidation sites excluding steroid dienone is 4. The maximum atomic E-state index is 4.75. The molecule has 2 N–H and O–H groups in total. The Bertz CT molecular complexity index is 929. The van der Waals surface area contributed by atoms with Crippen molar-refractivity contribution in [1.82, 2.24) is 10.3 Å². The van der Waals surface area contributed by atoms with Crippen molar-refractivity contribution < 1.29 is 0 Å². The normalized spacial score (nSPS) is 23.5. The molecule has 3 atom stereocenters. The Morgan fingerprint density at radius 2 is 1.90 bits per heavy atom. The van der Waals surface area contributed by atoms with Crippen molar-refractivity contribution in [3.05, 3.63) is 77.8 Å². The van der Waals surface area contributed by atoms with E-state index in [1.807, 2.05) is 18.3 Å². The van der Waals surface area contributed by atoms with E-state index in [1.54, 1.807) is 0 Å². The van der Waals surface area contributed by atoms with E-state index in [1.165, 1.54) is 23.3 Å². The van der Waals surface area contributed by atoms with Crippen LogP contribution in [0.1, 0.15) is 44.4 Å². The lowest BCUT2D eigenvalue weighted by Gasteiger charge is -2.29. The van der Waals surface area contributed by atoms with Gasteiger partial charge in [0.25, 0.3) is 0 Å². The summed E-state index contributed by atoms with van der Waals surface area (Å²) in [4.78, 5) is 9.19. The Kier molecular flexibility index (Phi) is 6.63. The lowest BCUT2D eigenvalue weighted by atomic mass is 9.88. The molecular weight excluding hydrogens is 368 g/mol. The molecular formula is C26H32N4. The average Bonchev–Trinajstić information content (AvgIpc) is 2.79. The second kappa shape index (κ2) is 9.75. The summed E-state index contributed by atoms with van der Waals surface area (Å²) in [7, 11) is 0. The lowest BCUT2D eigenvalue weighted by Crippen LogP contribution is -2.34. The number of hydrogen-bond acceptors (Lipinski definition) is 4. The molecule has 1 aromatic heterocycles. The van der Waals surface area contributed by atoms with Crippen molar-refractivity contribution in [3.8, 4) is 0 Å². The number of benzene rings is 1. The summed E-state index contributed by atoms with van der Waals surface area (Å²) < 4.78 is 0. The SMILES string of the molecule is CC1CC=CC(c2ccccc2NCc2ccccn2)=C1NCC1N=CCCC1C. The highest BCUT2D eigenvalue weighted by molar-refractivity contribution is 5.84. The van der Waals surface area contributed by atoms with Gasteiger partial charge in [0.1, 0.15) is 0 Å². The minimum Gasteiger partial charge on any atom is -0.385 e. The molecule has 0 fully saturated rings. The Morgan fingerprint density at radius 3 is 2.73 bits per heavy atom. The van der Waals surface area contributed by atoms with Crippen LogP contribution >= 0.6 is 0 Å². The highest BCUT2D eigenvalue weighted by Crippen LogP contribution is 2.34. The Balaban J connectivity index is 1.58. The summed E-state index contributed by atoms with van der Waals surface area (Å²) in [6, 6.07) is 15.0. The quantitative estimate of drug-likeness (QED) is 0.649. The molecule has 2 aliphatic rings. The zero-order chi connectivity index (χ0) is 20.8. The van der Waals surface area contributed by atoms with Gasteiger partial charge in [0.05, 0.1) is 18.3 Å². The van der Waals surface area contributed by atoms with Gasteiger partial charge in [-0.25, -0.2) is 0 Å². The van der Waals surface area contributed by atoms with Crippen molar-refractivity contribution in [2.75, 3.05) is 11.9 Å². The second-order valence-electron chi connectivity index (χ2n) is 8.42. The summed E-state index contributed by atoms with van der Waals surface area (Å²) in [6.07, 6.45) is 11.9. The number of aliphatic imine (C=N–C) groups is 1. The first-order chi connectivity index (χ1) is 14.7. The third kappa shape index (κ3) is 4.81. The predicted molar refractivity (Wildman–Crippen MR) is 127 cm³/mol. The Hall–Kier alpha value is -2.88. The van der Waals surface area contributed by atoms with Crippen molar-refractivity contribution in [1.29, 1.82) is 0 Å². The molecule has 0 bridgehead atoms. The van der Waals surface area contributed by atoms with Gasteiger partial charge in [-0.05, 0) is 55.5 Å². The Labute approximate surface area is 180 Å². The maximum Gasteiger partial charge on any atom is 0.0693 e. The van der Waals surface area contributed by atoms with Gasteiger partial charge in [-0.15, -0.1) is 0 Å². The molecule has 4 nitrogen and oxygen atoms in total. The van der Waals surface area contributed by atoms with E-state index in [0.29, 0.717) is 24.4 Å². The standard InChI is InChI=1S/C26H32N4/c1-19-10-8-16-28-25(19)18-30-26-20(2)9-7-13-23(26)22-12-3-4-14-24(22)29-17-21-11-5-6-15-27-21/h3-7,11-16,19-20,25,29-30H,8-10,17-18H2,1-2H3. The minimum absolute atomic E-state index is 0.364. The summed E-state index contributed by atoms with van der Waals surface area (Å²) in [6.45, 7) is 6.24. The molecule has 1 aliphatic heterocycles. The van der Waals surface area contributed by atoms with Crippen LogP contribution in [-0.2, 0) is 6.54 Å². The molecule has 4 heteroatoms. The van der Waals surface area contributed by atoms with Gasteiger partial charge in [0.15, 0.2) is 0 Å². The fourth-order valence-corrected chi connectivity index (χ4v) is 4.28. The van der Waals surface area contributed by atoms with Crippen LogP contribution in [0.4, 0.5) is 5.69 Å². The van der Waals surface area contributed by atoms with Crippen molar-refractivity contribution in [3.63, 3.8) is 0 Å². The Morgan fingerprint density at radius 1 is 1.03 bits per heavy atom. The molecule has 0 saturated heterocycles. The van der Waals surface area contributed by atoms with Crippen LogP contribution in [0.2, 0.25) is 0 Å². The number of anilines is 1.